The van der Waals surface area contributed by atoms with Crippen molar-refractivity contribution in [3.63, 3.8) is 0 Å². The van der Waals surface area contributed by atoms with Gasteiger partial charge in [0.15, 0.2) is 5.78 Å². The fourth-order valence-electron chi connectivity index (χ4n) is 3.81. The Morgan fingerprint density at radius 1 is 1.11 bits per heavy atom. The van der Waals surface area contributed by atoms with Gasteiger partial charge in [-0.25, -0.2) is 4.79 Å². The molecule has 0 saturated carbocycles. The van der Waals surface area contributed by atoms with Crippen LogP contribution in [0.3, 0.4) is 0 Å². The average Bonchev–Trinajstić information content (AvgIpc) is 3.02. The molecular weight excluding hydrogens is 356 g/mol. The summed E-state index contributed by atoms with van der Waals surface area (Å²) in [6.07, 6.45) is 1.28. The van der Waals surface area contributed by atoms with Gasteiger partial charge in [-0.15, -0.1) is 0 Å². The molecule has 1 aliphatic rings. The zero-order chi connectivity index (χ0) is 20.3. The summed E-state index contributed by atoms with van der Waals surface area (Å²) in [4.78, 5) is 42.5. The van der Waals surface area contributed by atoms with E-state index in [0.717, 1.165) is 5.56 Å². The molecule has 6 nitrogen and oxygen atoms in total. The Morgan fingerprint density at radius 2 is 1.75 bits per heavy atom. The molecule has 1 aliphatic heterocycles. The number of ketones is 1. The maximum absolute atomic E-state index is 13.0. The second-order valence-corrected chi connectivity index (χ2v) is 7.14. The molecule has 1 aromatic heterocycles. The second kappa shape index (κ2) is 8.42. The Balaban J connectivity index is 1.68. The number of benzene rings is 1. The number of Topliss-reactive ketones (excluding diaryl/α,β-unsaturated/α-hetero) is 1. The number of amides is 1. The number of likely N-dealkylation sites (tertiary alicyclic amines) is 1. The van der Waals surface area contributed by atoms with E-state index < -0.39 is 5.97 Å². The largest absolute Gasteiger partial charge is 0.462 e. The van der Waals surface area contributed by atoms with Crippen LogP contribution in [-0.4, -0.2) is 47.2 Å². The van der Waals surface area contributed by atoms with Gasteiger partial charge in [-0.2, -0.15) is 0 Å². The minimum atomic E-state index is -0.417. The topological polar surface area (TPSA) is 79.5 Å². The molecule has 0 aliphatic carbocycles. The molecular formula is C22H26N2O4. The number of aromatic amines is 1. The van der Waals surface area contributed by atoms with Crippen LogP contribution in [-0.2, 0) is 4.74 Å². The molecule has 0 spiro atoms. The molecule has 0 radical (unpaired) electrons. The highest BCUT2D eigenvalue weighted by molar-refractivity contribution is 6.01. The predicted molar refractivity (Wildman–Crippen MR) is 106 cm³/mol. The van der Waals surface area contributed by atoms with Crippen LogP contribution >= 0.6 is 0 Å². The summed E-state index contributed by atoms with van der Waals surface area (Å²) >= 11 is 0. The molecule has 0 bridgehead atoms. The van der Waals surface area contributed by atoms with Gasteiger partial charge < -0.3 is 14.6 Å². The van der Waals surface area contributed by atoms with Crippen LogP contribution in [0.4, 0.5) is 0 Å². The molecule has 28 heavy (non-hydrogen) atoms. The summed E-state index contributed by atoms with van der Waals surface area (Å²) in [6.45, 7) is 6.61. The maximum atomic E-state index is 13.0. The Labute approximate surface area is 164 Å². The van der Waals surface area contributed by atoms with Gasteiger partial charge in [-0.3, -0.25) is 9.59 Å². The number of aryl methyl sites for hydroxylation is 1. The van der Waals surface area contributed by atoms with E-state index in [1.807, 2.05) is 30.3 Å². The van der Waals surface area contributed by atoms with Crippen molar-refractivity contribution in [2.24, 2.45) is 5.92 Å². The molecule has 148 valence electrons. The van der Waals surface area contributed by atoms with Crippen molar-refractivity contribution >= 4 is 17.7 Å². The highest BCUT2D eigenvalue weighted by Gasteiger charge is 2.31. The number of nitrogens with one attached hydrogen (secondary N) is 1. The number of aromatic nitrogens is 1. The molecule has 3 rings (SSSR count). The van der Waals surface area contributed by atoms with Crippen molar-refractivity contribution in [1.82, 2.24) is 9.88 Å². The number of esters is 1. The van der Waals surface area contributed by atoms with Crippen LogP contribution in [0.25, 0.3) is 0 Å². The number of hydrogen-bond donors (Lipinski definition) is 1. The Hall–Kier alpha value is -2.89. The first kappa shape index (κ1) is 19.9. The van der Waals surface area contributed by atoms with Crippen LogP contribution in [0.5, 0.6) is 0 Å². The van der Waals surface area contributed by atoms with E-state index in [0.29, 0.717) is 48.4 Å². The van der Waals surface area contributed by atoms with E-state index in [4.69, 9.17) is 4.74 Å². The lowest BCUT2D eigenvalue weighted by Crippen LogP contribution is -2.40. The lowest BCUT2D eigenvalue weighted by Gasteiger charge is -2.31. The van der Waals surface area contributed by atoms with E-state index in [9.17, 15) is 14.4 Å². The molecule has 1 N–H and O–H groups in total. The molecule has 0 atom stereocenters. The molecule has 1 amide bonds. The monoisotopic (exact) mass is 382 g/mol. The molecule has 2 aromatic rings. The number of ether oxygens (including phenoxy) is 1. The predicted octanol–water partition coefficient (Wildman–Crippen LogP) is 3.54. The summed E-state index contributed by atoms with van der Waals surface area (Å²) in [5.41, 5.74) is 2.83. The van der Waals surface area contributed by atoms with Crippen molar-refractivity contribution in [3.8, 4) is 0 Å². The van der Waals surface area contributed by atoms with Crippen molar-refractivity contribution in [1.29, 1.82) is 0 Å². The Morgan fingerprint density at radius 3 is 2.36 bits per heavy atom. The second-order valence-electron chi connectivity index (χ2n) is 7.14. The van der Waals surface area contributed by atoms with Crippen LogP contribution in [0.1, 0.15) is 62.2 Å². The van der Waals surface area contributed by atoms with Crippen molar-refractivity contribution in [2.75, 3.05) is 19.7 Å². The summed E-state index contributed by atoms with van der Waals surface area (Å²) in [5.74, 6) is -0.473. The van der Waals surface area contributed by atoms with E-state index in [1.165, 1.54) is 0 Å². The van der Waals surface area contributed by atoms with Gasteiger partial charge in [0.25, 0.3) is 5.91 Å². The van der Waals surface area contributed by atoms with E-state index in [-0.39, 0.29) is 24.2 Å². The number of nitrogens with zero attached hydrogens (tertiary/aromatic N) is 1. The third kappa shape index (κ3) is 3.86. The van der Waals surface area contributed by atoms with Crippen LogP contribution < -0.4 is 0 Å². The van der Waals surface area contributed by atoms with Crippen molar-refractivity contribution < 1.29 is 19.1 Å². The molecule has 2 heterocycles. The highest BCUT2D eigenvalue weighted by Crippen LogP contribution is 2.25. The summed E-state index contributed by atoms with van der Waals surface area (Å²) in [6, 6.07) is 9.29. The zero-order valence-electron chi connectivity index (χ0n) is 16.6. The van der Waals surface area contributed by atoms with Gasteiger partial charge in [0.1, 0.15) is 5.69 Å². The lowest BCUT2D eigenvalue weighted by atomic mass is 9.89. The lowest BCUT2D eigenvalue weighted by molar-refractivity contribution is 0.0524. The minimum Gasteiger partial charge on any atom is -0.462 e. The molecule has 1 saturated heterocycles. The fourth-order valence-corrected chi connectivity index (χ4v) is 3.81. The van der Waals surface area contributed by atoms with E-state index >= 15 is 0 Å². The van der Waals surface area contributed by atoms with Crippen LogP contribution in [0.15, 0.2) is 30.3 Å². The molecule has 6 heteroatoms. The first-order chi connectivity index (χ1) is 13.4. The summed E-state index contributed by atoms with van der Waals surface area (Å²) < 4.78 is 5.09. The van der Waals surface area contributed by atoms with Crippen molar-refractivity contribution in [3.05, 3.63) is 58.4 Å². The maximum Gasteiger partial charge on any atom is 0.340 e. The fraction of sp³-hybridized carbons (Fsp3) is 0.409. The van der Waals surface area contributed by atoms with Gasteiger partial charge >= 0.3 is 5.97 Å². The van der Waals surface area contributed by atoms with Crippen LogP contribution in [0, 0.1) is 19.8 Å². The standard InChI is InChI=1S/C22H26N2O4/c1-4-28-22(27)18-14(2)19(23-15(18)3)21(26)24-12-10-17(11-13-24)20(25)16-8-6-5-7-9-16/h5-9,17,23H,4,10-13H2,1-3H3. The Bertz CT molecular complexity index is 877. The number of hydrogen-bond acceptors (Lipinski definition) is 4. The van der Waals surface area contributed by atoms with Gasteiger partial charge in [0.2, 0.25) is 0 Å². The first-order valence-electron chi connectivity index (χ1n) is 9.68. The quantitative estimate of drug-likeness (QED) is 0.634. The molecule has 1 fully saturated rings. The third-order valence-electron chi connectivity index (χ3n) is 5.34. The minimum absolute atomic E-state index is 0.0620. The SMILES string of the molecule is CCOC(=O)c1c(C)[nH]c(C(=O)N2CCC(C(=O)c3ccccc3)CC2)c1C. The number of rotatable bonds is 5. The van der Waals surface area contributed by atoms with Gasteiger partial charge in [-0.1, -0.05) is 30.3 Å². The van der Waals surface area contributed by atoms with Crippen molar-refractivity contribution in [2.45, 2.75) is 33.6 Å². The normalized spacial score (nSPS) is 14.8. The van der Waals surface area contributed by atoms with Gasteiger partial charge in [0.05, 0.1) is 12.2 Å². The summed E-state index contributed by atoms with van der Waals surface area (Å²) in [7, 11) is 0. The van der Waals surface area contributed by atoms with Crippen LogP contribution in [0.2, 0.25) is 0 Å². The highest BCUT2D eigenvalue weighted by atomic mass is 16.5. The molecule has 1 aromatic carbocycles. The number of carbonyl (C=O) groups is 3. The van der Waals surface area contributed by atoms with Gasteiger partial charge in [0, 0.05) is 30.3 Å². The average molecular weight is 382 g/mol. The number of H-pyrrole nitrogens is 1. The Kier molecular flexibility index (Phi) is 5.97. The van der Waals surface area contributed by atoms with E-state index in [1.54, 1.807) is 25.7 Å². The van der Waals surface area contributed by atoms with Gasteiger partial charge in [-0.05, 0) is 39.2 Å². The first-order valence-corrected chi connectivity index (χ1v) is 9.68. The summed E-state index contributed by atoms with van der Waals surface area (Å²) in [5, 5.41) is 0. The third-order valence-corrected chi connectivity index (χ3v) is 5.34. The number of piperidine rings is 1. The molecule has 0 unspecified atom stereocenters. The zero-order valence-corrected chi connectivity index (χ0v) is 16.6. The smallest absolute Gasteiger partial charge is 0.340 e. The number of carbonyl (C=O) groups excluding carboxylic acids is 3. The van der Waals surface area contributed by atoms with E-state index in [2.05, 4.69) is 4.98 Å².